The number of para-hydroxylation sites is 1. The van der Waals surface area contributed by atoms with Gasteiger partial charge in [0.2, 0.25) is 5.91 Å². The fourth-order valence-corrected chi connectivity index (χ4v) is 5.29. The molecule has 4 aromatic rings. The number of aromatic nitrogens is 1. The Hall–Kier alpha value is -3.48. The first-order valence-corrected chi connectivity index (χ1v) is 12.1. The lowest BCUT2D eigenvalue weighted by Crippen LogP contribution is -2.45. The first kappa shape index (κ1) is 23.3. The Morgan fingerprint density at radius 2 is 1.66 bits per heavy atom. The Bertz CT molecular complexity index is 1470. The van der Waals surface area contributed by atoms with Crippen LogP contribution in [0.15, 0.2) is 72.8 Å². The minimum atomic E-state index is -0.676. The molecule has 0 aliphatic carbocycles. The SMILES string of the molecule is C=C1C[C@@H](C(=O)Nc2ccc3c(c2)c2ccccc2n3CC)N(C(=O)Nc2cc(Cl)cc(Cl)c2)C1. The largest absolute Gasteiger partial charge is 0.341 e. The highest BCUT2D eigenvalue weighted by Gasteiger charge is 2.36. The molecule has 1 saturated heterocycles. The maximum Gasteiger partial charge on any atom is 0.322 e. The fraction of sp³-hybridized carbons (Fsp3) is 0.185. The van der Waals surface area contributed by atoms with Crippen molar-refractivity contribution in [1.29, 1.82) is 0 Å². The van der Waals surface area contributed by atoms with Gasteiger partial charge in [0.1, 0.15) is 6.04 Å². The van der Waals surface area contributed by atoms with Crippen LogP contribution in [0.1, 0.15) is 13.3 Å². The molecule has 6 nitrogen and oxygen atoms in total. The minimum Gasteiger partial charge on any atom is -0.341 e. The van der Waals surface area contributed by atoms with Gasteiger partial charge in [-0.15, -0.1) is 0 Å². The van der Waals surface area contributed by atoms with Crippen molar-refractivity contribution in [2.45, 2.75) is 25.9 Å². The number of benzene rings is 3. The van der Waals surface area contributed by atoms with Crippen LogP contribution in [-0.2, 0) is 11.3 Å². The summed E-state index contributed by atoms with van der Waals surface area (Å²) in [7, 11) is 0. The summed E-state index contributed by atoms with van der Waals surface area (Å²) in [5.41, 5.74) is 4.22. The van der Waals surface area contributed by atoms with E-state index in [9.17, 15) is 9.59 Å². The lowest BCUT2D eigenvalue weighted by atomic mass is 10.1. The van der Waals surface area contributed by atoms with Crippen molar-refractivity contribution < 1.29 is 9.59 Å². The Morgan fingerprint density at radius 1 is 0.943 bits per heavy atom. The van der Waals surface area contributed by atoms with Gasteiger partial charge in [0.05, 0.1) is 0 Å². The molecule has 5 rings (SSSR count). The molecule has 2 N–H and O–H groups in total. The van der Waals surface area contributed by atoms with E-state index in [4.69, 9.17) is 23.2 Å². The molecule has 1 atom stereocenters. The second-order valence-electron chi connectivity index (χ2n) is 8.67. The predicted molar refractivity (Wildman–Crippen MR) is 143 cm³/mol. The van der Waals surface area contributed by atoms with E-state index in [1.54, 1.807) is 18.2 Å². The molecule has 1 aliphatic rings. The molecule has 35 heavy (non-hydrogen) atoms. The number of nitrogens with zero attached hydrogens (tertiary/aromatic N) is 2. The number of nitrogens with one attached hydrogen (secondary N) is 2. The van der Waals surface area contributed by atoms with Gasteiger partial charge in [0.25, 0.3) is 0 Å². The van der Waals surface area contributed by atoms with E-state index >= 15 is 0 Å². The Labute approximate surface area is 213 Å². The van der Waals surface area contributed by atoms with Crippen LogP contribution in [0.3, 0.4) is 0 Å². The fourth-order valence-electron chi connectivity index (χ4n) is 4.77. The number of anilines is 2. The molecule has 178 valence electrons. The van der Waals surface area contributed by atoms with Gasteiger partial charge in [-0.05, 0) is 55.8 Å². The number of rotatable bonds is 4. The number of carbonyl (C=O) groups excluding carboxylic acids is 2. The second-order valence-corrected chi connectivity index (χ2v) is 9.54. The van der Waals surface area contributed by atoms with E-state index < -0.39 is 12.1 Å². The first-order chi connectivity index (χ1) is 16.8. The van der Waals surface area contributed by atoms with Crippen LogP contribution in [0, 0.1) is 0 Å². The predicted octanol–water partition coefficient (Wildman–Crippen LogP) is 6.92. The van der Waals surface area contributed by atoms with E-state index in [0.29, 0.717) is 34.4 Å². The zero-order valence-electron chi connectivity index (χ0n) is 19.1. The van der Waals surface area contributed by atoms with Crippen molar-refractivity contribution in [2.75, 3.05) is 17.2 Å². The normalized spacial score (nSPS) is 15.7. The molecule has 0 spiro atoms. The number of hydrogen-bond acceptors (Lipinski definition) is 2. The van der Waals surface area contributed by atoms with Crippen molar-refractivity contribution in [3.05, 3.63) is 82.9 Å². The molecule has 3 amide bonds. The summed E-state index contributed by atoms with van der Waals surface area (Å²) in [6.07, 6.45) is 0.396. The smallest absolute Gasteiger partial charge is 0.322 e. The number of aryl methyl sites for hydroxylation is 1. The molecule has 0 unspecified atom stereocenters. The minimum absolute atomic E-state index is 0.262. The second kappa shape index (κ2) is 9.29. The summed E-state index contributed by atoms with van der Waals surface area (Å²) in [5, 5.41) is 8.81. The van der Waals surface area contributed by atoms with Gasteiger partial charge in [-0.3, -0.25) is 4.79 Å². The molecule has 1 fully saturated rings. The quantitative estimate of drug-likeness (QED) is 0.295. The van der Waals surface area contributed by atoms with Crippen LogP contribution in [-0.4, -0.2) is 34.0 Å². The van der Waals surface area contributed by atoms with Crippen molar-refractivity contribution in [3.63, 3.8) is 0 Å². The third-order valence-electron chi connectivity index (χ3n) is 6.29. The van der Waals surface area contributed by atoms with Crippen LogP contribution in [0.2, 0.25) is 10.0 Å². The van der Waals surface area contributed by atoms with E-state index in [-0.39, 0.29) is 5.91 Å². The zero-order valence-corrected chi connectivity index (χ0v) is 20.7. The Morgan fingerprint density at radius 3 is 2.40 bits per heavy atom. The number of fused-ring (bicyclic) bond motifs is 3. The molecule has 0 saturated carbocycles. The molecule has 0 radical (unpaired) electrons. The number of amides is 3. The summed E-state index contributed by atoms with van der Waals surface area (Å²) < 4.78 is 2.26. The van der Waals surface area contributed by atoms with Gasteiger partial charge in [-0.1, -0.05) is 53.6 Å². The first-order valence-electron chi connectivity index (χ1n) is 11.4. The standard InChI is InChI=1S/C27H24Cl2N4O2/c1-3-32-23-7-5-4-6-21(23)22-14-19(8-9-24(22)32)30-26(34)25-10-16(2)15-33(25)27(35)31-20-12-17(28)11-18(29)13-20/h4-9,11-14,25H,2-3,10,15H2,1H3,(H,30,34)(H,31,35)/t25-/m0/s1. The number of likely N-dealkylation sites (tertiary alicyclic amines) is 1. The van der Waals surface area contributed by atoms with E-state index in [1.807, 2.05) is 30.3 Å². The van der Waals surface area contributed by atoms with E-state index in [1.165, 1.54) is 4.90 Å². The summed E-state index contributed by atoms with van der Waals surface area (Å²) in [5.74, 6) is -0.262. The third kappa shape index (κ3) is 4.47. The highest BCUT2D eigenvalue weighted by Crippen LogP contribution is 2.32. The number of halogens is 2. The van der Waals surface area contributed by atoms with Crippen LogP contribution >= 0.6 is 23.2 Å². The van der Waals surface area contributed by atoms with Crippen LogP contribution in [0.5, 0.6) is 0 Å². The van der Waals surface area contributed by atoms with Gasteiger partial charge >= 0.3 is 6.03 Å². The van der Waals surface area contributed by atoms with Crippen molar-refractivity contribution in [3.8, 4) is 0 Å². The zero-order chi connectivity index (χ0) is 24.7. The van der Waals surface area contributed by atoms with Gasteiger partial charge in [-0.2, -0.15) is 0 Å². The maximum absolute atomic E-state index is 13.3. The molecule has 0 bridgehead atoms. The number of urea groups is 1. The van der Waals surface area contributed by atoms with Gasteiger partial charge in [0.15, 0.2) is 0 Å². The Kier molecular flexibility index (Phi) is 6.17. The molecule has 8 heteroatoms. The summed E-state index contributed by atoms with van der Waals surface area (Å²) in [6.45, 7) is 7.26. The highest BCUT2D eigenvalue weighted by molar-refractivity contribution is 6.35. The topological polar surface area (TPSA) is 66.4 Å². The highest BCUT2D eigenvalue weighted by atomic mass is 35.5. The number of carbonyl (C=O) groups is 2. The van der Waals surface area contributed by atoms with E-state index in [2.05, 4.69) is 40.8 Å². The molecule has 1 aromatic heterocycles. The maximum atomic E-state index is 13.3. The summed E-state index contributed by atoms with van der Waals surface area (Å²) in [6, 6.07) is 17.8. The molecular weight excluding hydrogens is 483 g/mol. The molecule has 3 aromatic carbocycles. The van der Waals surface area contributed by atoms with Gasteiger partial charge in [0, 0.05) is 56.3 Å². The summed E-state index contributed by atoms with van der Waals surface area (Å²) >= 11 is 12.1. The average Bonchev–Trinajstić information content (AvgIpc) is 3.36. The molecule has 2 heterocycles. The monoisotopic (exact) mass is 506 g/mol. The lowest BCUT2D eigenvalue weighted by Gasteiger charge is -2.24. The third-order valence-corrected chi connectivity index (χ3v) is 6.72. The van der Waals surface area contributed by atoms with Gasteiger partial charge in [-0.25, -0.2) is 4.79 Å². The summed E-state index contributed by atoms with van der Waals surface area (Å²) in [4.78, 5) is 27.8. The van der Waals surface area contributed by atoms with Crippen molar-refractivity contribution >= 4 is 68.3 Å². The van der Waals surface area contributed by atoms with Crippen molar-refractivity contribution in [1.82, 2.24) is 9.47 Å². The molecular formula is C27H24Cl2N4O2. The van der Waals surface area contributed by atoms with Gasteiger partial charge < -0.3 is 20.1 Å². The van der Waals surface area contributed by atoms with Crippen LogP contribution < -0.4 is 10.6 Å². The van der Waals surface area contributed by atoms with Crippen LogP contribution in [0.25, 0.3) is 21.8 Å². The average molecular weight is 507 g/mol. The van der Waals surface area contributed by atoms with Crippen LogP contribution in [0.4, 0.5) is 16.2 Å². The van der Waals surface area contributed by atoms with E-state index in [0.717, 1.165) is 33.9 Å². The van der Waals surface area contributed by atoms with Crippen molar-refractivity contribution in [2.24, 2.45) is 0 Å². The lowest BCUT2D eigenvalue weighted by molar-refractivity contribution is -0.119. The molecule has 1 aliphatic heterocycles. The number of hydrogen-bond donors (Lipinski definition) is 2. The Balaban J connectivity index is 1.38.